The Kier molecular flexibility index (Phi) is 4.12. The summed E-state index contributed by atoms with van der Waals surface area (Å²) >= 11 is 3.59. The third-order valence-corrected chi connectivity index (χ3v) is 4.43. The number of aryl methyl sites for hydroxylation is 1. The third-order valence-electron chi connectivity index (χ3n) is 2.44. The molecule has 0 aliphatic rings. The first-order chi connectivity index (χ1) is 7.79. The molecule has 0 aromatic carbocycles. The van der Waals surface area contributed by atoms with E-state index in [9.17, 15) is 0 Å². The van der Waals surface area contributed by atoms with Gasteiger partial charge in [0.05, 0.1) is 6.04 Å². The van der Waals surface area contributed by atoms with Gasteiger partial charge in [0, 0.05) is 27.7 Å². The van der Waals surface area contributed by atoms with E-state index in [-0.39, 0.29) is 6.04 Å². The van der Waals surface area contributed by atoms with E-state index < -0.39 is 0 Å². The molecular weight excluding hydrogens is 236 g/mol. The first-order valence-corrected chi connectivity index (χ1v) is 7.01. The lowest BCUT2D eigenvalue weighted by molar-refractivity contribution is 0.553. The average molecular weight is 252 g/mol. The highest BCUT2D eigenvalue weighted by atomic mass is 32.1. The van der Waals surface area contributed by atoms with Crippen molar-refractivity contribution in [1.29, 1.82) is 0 Å². The number of hydrogen-bond acceptors (Lipinski definition) is 4. The molecule has 16 heavy (non-hydrogen) atoms. The Morgan fingerprint density at radius 3 is 2.81 bits per heavy atom. The number of rotatable bonds is 5. The second kappa shape index (κ2) is 5.59. The molecule has 2 aromatic heterocycles. The fourth-order valence-electron chi connectivity index (χ4n) is 1.58. The summed E-state index contributed by atoms with van der Waals surface area (Å²) in [6, 6.07) is 8.81. The van der Waals surface area contributed by atoms with Crippen molar-refractivity contribution in [2.75, 3.05) is 6.54 Å². The smallest absolute Gasteiger partial charge is 0.0542 e. The molecule has 2 aromatic rings. The monoisotopic (exact) mass is 252 g/mol. The molecule has 0 amide bonds. The van der Waals surface area contributed by atoms with Gasteiger partial charge in [-0.2, -0.15) is 0 Å². The summed E-state index contributed by atoms with van der Waals surface area (Å²) in [5.74, 6) is 0. The van der Waals surface area contributed by atoms with E-state index in [4.69, 9.17) is 5.73 Å². The topological polar surface area (TPSA) is 38.0 Å². The average Bonchev–Trinajstić information content (AvgIpc) is 2.91. The number of nitrogens with one attached hydrogen (secondary N) is 1. The lowest BCUT2D eigenvalue weighted by atomic mass is 10.2. The van der Waals surface area contributed by atoms with Crippen molar-refractivity contribution < 1.29 is 0 Å². The highest BCUT2D eigenvalue weighted by molar-refractivity contribution is 7.12. The minimum atomic E-state index is 0.279. The maximum absolute atomic E-state index is 5.80. The van der Waals surface area contributed by atoms with Crippen molar-refractivity contribution in [1.82, 2.24) is 5.32 Å². The Hall–Kier alpha value is -0.680. The summed E-state index contributed by atoms with van der Waals surface area (Å²) in [7, 11) is 0. The van der Waals surface area contributed by atoms with Crippen LogP contribution < -0.4 is 11.1 Å². The zero-order chi connectivity index (χ0) is 11.4. The zero-order valence-corrected chi connectivity index (χ0v) is 10.9. The Labute approximate surface area is 104 Å². The third kappa shape index (κ3) is 2.92. The van der Waals surface area contributed by atoms with E-state index in [2.05, 4.69) is 41.9 Å². The first kappa shape index (κ1) is 11.8. The normalized spacial score (nSPS) is 12.9. The van der Waals surface area contributed by atoms with Gasteiger partial charge in [-0.15, -0.1) is 22.7 Å². The standard InChI is InChI=1S/C12H16N2S2/c1-9-4-5-12(16-9)11(7-13)14-8-10-3-2-6-15-10/h2-6,11,14H,7-8,13H2,1H3. The van der Waals surface area contributed by atoms with Gasteiger partial charge in [-0.25, -0.2) is 0 Å². The molecule has 0 saturated heterocycles. The number of thiophene rings is 2. The van der Waals surface area contributed by atoms with E-state index in [1.807, 2.05) is 11.3 Å². The molecular formula is C12H16N2S2. The van der Waals surface area contributed by atoms with Crippen molar-refractivity contribution >= 4 is 22.7 Å². The lowest BCUT2D eigenvalue weighted by Crippen LogP contribution is -2.26. The summed E-state index contributed by atoms with van der Waals surface area (Å²) in [4.78, 5) is 4.02. The maximum Gasteiger partial charge on any atom is 0.0542 e. The van der Waals surface area contributed by atoms with Crippen LogP contribution in [0.4, 0.5) is 0 Å². The van der Waals surface area contributed by atoms with Gasteiger partial charge in [-0.3, -0.25) is 0 Å². The Balaban J connectivity index is 1.96. The first-order valence-electron chi connectivity index (χ1n) is 5.32. The molecule has 0 bridgehead atoms. The van der Waals surface area contributed by atoms with Crippen LogP contribution in [0.25, 0.3) is 0 Å². The van der Waals surface area contributed by atoms with Crippen LogP contribution in [0.5, 0.6) is 0 Å². The van der Waals surface area contributed by atoms with Crippen LogP contribution in [-0.2, 0) is 6.54 Å². The molecule has 0 radical (unpaired) electrons. The van der Waals surface area contributed by atoms with Crippen LogP contribution in [0.2, 0.25) is 0 Å². The summed E-state index contributed by atoms with van der Waals surface area (Å²) in [6.07, 6.45) is 0. The quantitative estimate of drug-likeness (QED) is 0.858. The van der Waals surface area contributed by atoms with Crippen LogP contribution in [0.15, 0.2) is 29.6 Å². The van der Waals surface area contributed by atoms with Crippen LogP contribution in [0.3, 0.4) is 0 Å². The second-order valence-corrected chi connectivity index (χ2v) is 6.05. The molecule has 86 valence electrons. The van der Waals surface area contributed by atoms with E-state index in [0.29, 0.717) is 6.54 Å². The lowest BCUT2D eigenvalue weighted by Gasteiger charge is -2.14. The summed E-state index contributed by atoms with van der Waals surface area (Å²) in [5, 5.41) is 5.60. The van der Waals surface area contributed by atoms with Gasteiger partial charge >= 0.3 is 0 Å². The zero-order valence-electron chi connectivity index (χ0n) is 9.27. The summed E-state index contributed by atoms with van der Waals surface area (Å²) in [6.45, 7) is 3.67. The number of hydrogen-bond donors (Lipinski definition) is 2. The molecule has 4 heteroatoms. The van der Waals surface area contributed by atoms with Crippen LogP contribution in [-0.4, -0.2) is 6.54 Å². The minimum absolute atomic E-state index is 0.279. The maximum atomic E-state index is 5.80. The van der Waals surface area contributed by atoms with Crippen molar-refractivity contribution in [3.8, 4) is 0 Å². The fraction of sp³-hybridized carbons (Fsp3) is 0.333. The molecule has 1 unspecified atom stereocenters. The van der Waals surface area contributed by atoms with Crippen molar-refractivity contribution in [2.45, 2.75) is 19.5 Å². The highest BCUT2D eigenvalue weighted by Crippen LogP contribution is 2.22. The molecule has 2 heterocycles. The van der Waals surface area contributed by atoms with Gasteiger partial charge in [0.15, 0.2) is 0 Å². The highest BCUT2D eigenvalue weighted by Gasteiger charge is 2.10. The Morgan fingerprint density at radius 2 is 2.25 bits per heavy atom. The SMILES string of the molecule is Cc1ccc(C(CN)NCc2cccs2)s1. The molecule has 1 atom stereocenters. The van der Waals surface area contributed by atoms with E-state index in [1.54, 1.807) is 11.3 Å². The van der Waals surface area contributed by atoms with Crippen LogP contribution in [0.1, 0.15) is 20.7 Å². The van der Waals surface area contributed by atoms with Gasteiger partial charge in [-0.1, -0.05) is 6.07 Å². The molecule has 2 rings (SSSR count). The molecule has 2 nitrogen and oxygen atoms in total. The second-order valence-electron chi connectivity index (χ2n) is 3.70. The van der Waals surface area contributed by atoms with Gasteiger partial charge in [0.2, 0.25) is 0 Å². The van der Waals surface area contributed by atoms with E-state index >= 15 is 0 Å². The summed E-state index contributed by atoms with van der Waals surface area (Å²) < 4.78 is 0. The molecule has 3 N–H and O–H groups in total. The fourth-order valence-corrected chi connectivity index (χ4v) is 3.20. The van der Waals surface area contributed by atoms with Crippen molar-refractivity contribution in [3.05, 3.63) is 44.3 Å². The molecule has 0 spiro atoms. The van der Waals surface area contributed by atoms with E-state index in [0.717, 1.165) is 6.54 Å². The van der Waals surface area contributed by atoms with E-state index in [1.165, 1.54) is 14.6 Å². The predicted octanol–water partition coefficient (Wildman–Crippen LogP) is 2.91. The molecule has 0 fully saturated rings. The summed E-state index contributed by atoms with van der Waals surface area (Å²) in [5.41, 5.74) is 5.80. The Morgan fingerprint density at radius 1 is 1.38 bits per heavy atom. The van der Waals surface area contributed by atoms with Crippen molar-refractivity contribution in [3.63, 3.8) is 0 Å². The van der Waals surface area contributed by atoms with Crippen LogP contribution in [0, 0.1) is 6.92 Å². The van der Waals surface area contributed by atoms with Gasteiger partial charge < -0.3 is 11.1 Å². The minimum Gasteiger partial charge on any atom is -0.329 e. The molecule has 0 aliphatic carbocycles. The van der Waals surface area contributed by atoms with Gasteiger partial charge in [-0.05, 0) is 30.5 Å². The van der Waals surface area contributed by atoms with Crippen LogP contribution >= 0.6 is 22.7 Å². The van der Waals surface area contributed by atoms with Crippen molar-refractivity contribution in [2.24, 2.45) is 5.73 Å². The number of nitrogens with two attached hydrogens (primary N) is 1. The molecule has 0 aliphatic heterocycles. The molecule has 0 saturated carbocycles. The van der Waals surface area contributed by atoms with Gasteiger partial charge in [0.1, 0.15) is 0 Å². The largest absolute Gasteiger partial charge is 0.329 e. The van der Waals surface area contributed by atoms with Gasteiger partial charge in [0.25, 0.3) is 0 Å². The Bertz CT molecular complexity index is 420. The predicted molar refractivity (Wildman–Crippen MR) is 72.0 cm³/mol.